The Morgan fingerprint density at radius 1 is 1.10 bits per heavy atom. The van der Waals surface area contributed by atoms with Crippen LogP contribution in [0.4, 0.5) is 4.79 Å². The summed E-state index contributed by atoms with van der Waals surface area (Å²) in [5, 5.41) is 18.4. The van der Waals surface area contributed by atoms with Crippen molar-refractivity contribution >= 4 is 32.9 Å². The van der Waals surface area contributed by atoms with E-state index in [1.807, 2.05) is 71.4 Å². The van der Waals surface area contributed by atoms with E-state index in [9.17, 15) is 9.90 Å². The molecule has 0 bridgehead atoms. The second-order valence-electron chi connectivity index (χ2n) is 9.49. The number of alkyl carbamates (subject to hydrolysis) is 1. The van der Waals surface area contributed by atoms with Crippen LogP contribution in [-0.2, 0) is 22.7 Å². The van der Waals surface area contributed by atoms with E-state index in [1.165, 1.54) is 0 Å². The summed E-state index contributed by atoms with van der Waals surface area (Å²) in [5.74, 6) is 0.719. The second kappa shape index (κ2) is 13.1. The van der Waals surface area contributed by atoms with Crippen LogP contribution >= 0.6 is 15.9 Å². The molecule has 5 rings (SSSR count). The summed E-state index contributed by atoms with van der Waals surface area (Å²) in [4.78, 5) is 12.0. The molecule has 0 radical (unpaired) electrons. The third kappa shape index (κ3) is 6.98. The summed E-state index contributed by atoms with van der Waals surface area (Å²) < 4.78 is 20.2. The van der Waals surface area contributed by atoms with Crippen LogP contribution in [0.3, 0.4) is 0 Å². The molecule has 4 aromatic rings. The van der Waals surface area contributed by atoms with Crippen LogP contribution in [0.1, 0.15) is 43.0 Å². The Bertz CT molecular complexity index is 1400. The van der Waals surface area contributed by atoms with E-state index in [1.54, 1.807) is 0 Å². The summed E-state index contributed by atoms with van der Waals surface area (Å²) >= 11 is 3.56. The quantitative estimate of drug-likeness (QED) is 0.208. The molecule has 8 nitrogen and oxygen atoms in total. The molecule has 1 amide bonds. The number of benzene rings is 3. The van der Waals surface area contributed by atoms with E-state index in [4.69, 9.17) is 19.3 Å². The molecule has 2 heterocycles. The van der Waals surface area contributed by atoms with Gasteiger partial charge in [0.2, 0.25) is 0 Å². The molecule has 1 aliphatic heterocycles. The SMILES string of the molecule is O=C(NCCCOc1ccc2c(c1)c(-c1cc(Br)cc(CO)c1)nn2C1CCCCO1)OCc1ccccc1. The van der Waals surface area contributed by atoms with E-state index in [-0.39, 0.29) is 19.4 Å². The Kier molecular flexibility index (Phi) is 9.13. The molecule has 1 fully saturated rings. The van der Waals surface area contributed by atoms with Gasteiger partial charge in [0.15, 0.2) is 6.23 Å². The minimum atomic E-state index is -0.446. The van der Waals surface area contributed by atoms with Crippen LogP contribution in [0.25, 0.3) is 22.2 Å². The second-order valence-corrected chi connectivity index (χ2v) is 10.4. The van der Waals surface area contributed by atoms with Crippen molar-refractivity contribution in [2.75, 3.05) is 19.8 Å². The lowest BCUT2D eigenvalue weighted by molar-refractivity contribution is -0.0365. The van der Waals surface area contributed by atoms with E-state index in [0.29, 0.717) is 19.6 Å². The van der Waals surface area contributed by atoms with Crippen molar-refractivity contribution in [3.05, 3.63) is 82.3 Å². The summed E-state index contributed by atoms with van der Waals surface area (Å²) in [7, 11) is 0. The molecular weight excluding hydrogens is 562 g/mol. The zero-order valence-electron chi connectivity index (χ0n) is 21.6. The fourth-order valence-electron chi connectivity index (χ4n) is 4.66. The molecule has 204 valence electrons. The van der Waals surface area contributed by atoms with Crippen LogP contribution in [0.5, 0.6) is 5.75 Å². The lowest BCUT2D eigenvalue weighted by Gasteiger charge is -2.23. The monoisotopic (exact) mass is 593 g/mol. The highest BCUT2D eigenvalue weighted by Crippen LogP contribution is 2.36. The maximum atomic E-state index is 12.0. The van der Waals surface area contributed by atoms with Crippen LogP contribution in [0, 0.1) is 0 Å². The van der Waals surface area contributed by atoms with Crippen molar-refractivity contribution < 1.29 is 24.1 Å². The standard InChI is InChI=1S/C30H32BrN3O5/c31-24-16-22(19-35)15-23(17-24)29-26-18-25(10-11-27(26)34(33-29)28-9-4-5-13-38-28)37-14-6-12-32-30(36)39-20-21-7-2-1-3-8-21/h1-3,7-8,10-11,15-18,28,35H,4-6,9,12-14,19-20H2,(H,32,36). The largest absolute Gasteiger partial charge is 0.494 e. The predicted molar refractivity (Wildman–Crippen MR) is 152 cm³/mol. The Morgan fingerprint density at radius 2 is 1.97 bits per heavy atom. The van der Waals surface area contributed by atoms with Gasteiger partial charge in [-0.3, -0.25) is 0 Å². The number of nitrogens with zero attached hydrogens (tertiary/aromatic N) is 2. The zero-order valence-corrected chi connectivity index (χ0v) is 23.2. The van der Waals surface area contributed by atoms with Crippen molar-refractivity contribution in [1.82, 2.24) is 15.1 Å². The first-order chi connectivity index (χ1) is 19.1. The molecular formula is C30H32BrN3O5. The number of ether oxygens (including phenoxy) is 3. The van der Waals surface area contributed by atoms with E-state index < -0.39 is 6.09 Å². The third-order valence-electron chi connectivity index (χ3n) is 6.59. The highest BCUT2D eigenvalue weighted by atomic mass is 79.9. The minimum absolute atomic E-state index is 0.0565. The van der Waals surface area contributed by atoms with Crippen molar-refractivity contribution in [3.8, 4) is 17.0 Å². The van der Waals surface area contributed by atoms with Gasteiger partial charge in [-0.1, -0.05) is 46.3 Å². The minimum Gasteiger partial charge on any atom is -0.494 e. The van der Waals surface area contributed by atoms with E-state index in [2.05, 4.69) is 21.2 Å². The number of hydrogen-bond donors (Lipinski definition) is 2. The van der Waals surface area contributed by atoms with Gasteiger partial charge in [0.05, 0.1) is 18.7 Å². The summed E-state index contributed by atoms with van der Waals surface area (Å²) in [6, 6.07) is 21.4. The lowest BCUT2D eigenvalue weighted by Crippen LogP contribution is -2.26. The zero-order chi connectivity index (χ0) is 27.0. The highest BCUT2D eigenvalue weighted by Gasteiger charge is 2.22. The third-order valence-corrected chi connectivity index (χ3v) is 7.05. The predicted octanol–water partition coefficient (Wildman–Crippen LogP) is 6.35. The van der Waals surface area contributed by atoms with Gasteiger partial charge in [0, 0.05) is 28.6 Å². The van der Waals surface area contributed by atoms with E-state index in [0.717, 1.165) is 69.4 Å². The summed E-state index contributed by atoms with van der Waals surface area (Å²) in [6.45, 7) is 1.79. The van der Waals surface area contributed by atoms with Crippen molar-refractivity contribution in [1.29, 1.82) is 0 Å². The number of carbonyl (C=O) groups is 1. The number of fused-ring (bicyclic) bond motifs is 1. The maximum Gasteiger partial charge on any atom is 0.407 e. The van der Waals surface area contributed by atoms with Gasteiger partial charge in [0.1, 0.15) is 18.1 Å². The molecule has 0 saturated carbocycles. The number of hydrogen-bond acceptors (Lipinski definition) is 6. The molecule has 2 N–H and O–H groups in total. The lowest BCUT2D eigenvalue weighted by atomic mass is 10.0. The molecule has 0 aliphatic carbocycles. The number of amides is 1. The fourth-order valence-corrected chi connectivity index (χ4v) is 5.21. The molecule has 39 heavy (non-hydrogen) atoms. The van der Waals surface area contributed by atoms with Gasteiger partial charge in [-0.25, -0.2) is 9.48 Å². The topological polar surface area (TPSA) is 94.8 Å². The molecule has 9 heteroatoms. The molecule has 1 unspecified atom stereocenters. The number of halogens is 1. The Hall–Kier alpha value is -3.40. The van der Waals surface area contributed by atoms with Crippen molar-refractivity contribution in [3.63, 3.8) is 0 Å². The van der Waals surface area contributed by atoms with Gasteiger partial charge in [-0.15, -0.1) is 0 Å². The Labute approximate surface area is 236 Å². The van der Waals surface area contributed by atoms with Gasteiger partial charge >= 0.3 is 6.09 Å². The van der Waals surface area contributed by atoms with Gasteiger partial charge in [-0.05, 0) is 73.2 Å². The summed E-state index contributed by atoms with van der Waals surface area (Å²) in [5.41, 5.74) is 4.43. The van der Waals surface area contributed by atoms with Gasteiger partial charge in [-0.2, -0.15) is 5.10 Å². The molecule has 1 atom stereocenters. The molecule has 0 spiro atoms. The van der Waals surface area contributed by atoms with Crippen LogP contribution < -0.4 is 10.1 Å². The van der Waals surface area contributed by atoms with Crippen molar-refractivity contribution in [2.45, 2.75) is 45.1 Å². The number of aromatic nitrogens is 2. The number of aliphatic hydroxyl groups is 1. The molecule has 1 saturated heterocycles. The molecule has 3 aromatic carbocycles. The maximum absolute atomic E-state index is 12.0. The van der Waals surface area contributed by atoms with Crippen LogP contribution in [-0.4, -0.2) is 40.7 Å². The summed E-state index contributed by atoms with van der Waals surface area (Å²) in [6.07, 6.45) is 3.15. The number of nitrogens with one attached hydrogen (secondary N) is 1. The first kappa shape index (κ1) is 27.2. The van der Waals surface area contributed by atoms with Gasteiger partial charge < -0.3 is 24.6 Å². The Balaban J connectivity index is 1.25. The smallest absolute Gasteiger partial charge is 0.407 e. The first-order valence-electron chi connectivity index (χ1n) is 13.2. The van der Waals surface area contributed by atoms with Gasteiger partial charge in [0.25, 0.3) is 0 Å². The average Bonchev–Trinajstić information content (AvgIpc) is 3.35. The first-order valence-corrected chi connectivity index (χ1v) is 14.0. The average molecular weight is 595 g/mol. The highest BCUT2D eigenvalue weighted by molar-refractivity contribution is 9.10. The molecule has 1 aromatic heterocycles. The van der Waals surface area contributed by atoms with Crippen molar-refractivity contribution in [2.24, 2.45) is 0 Å². The fraction of sp³-hybridized carbons (Fsp3) is 0.333. The Morgan fingerprint density at radius 3 is 2.77 bits per heavy atom. The number of aliphatic hydroxyl groups excluding tert-OH is 1. The molecule has 1 aliphatic rings. The normalized spacial score (nSPS) is 15.3. The van der Waals surface area contributed by atoms with Crippen LogP contribution in [0.2, 0.25) is 0 Å². The number of carbonyl (C=O) groups excluding carboxylic acids is 1. The van der Waals surface area contributed by atoms with Crippen LogP contribution in [0.15, 0.2) is 71.2 Å². The van der Waals surface area contributed by atoms with E-state index >= 15 is 0 Å². The number of rotatable bonds is 10.